The van der Waals surface area contributed by atoms with Crippen LogP contribution in [-0.4, -0.2) is 29.7 Å². The van der Waals surface area contributed by atoms with Crippen LogP contribution in [0.2, 0.25) is 0 Å². The van der Waals surface area contributed by atoms with Crippen molar-refractivity contribution in [1.82, 2.24) is 4.90 Å². The first-order valence-electron chi connectivity index (χ1n) is 7.99. The lowest BCUT2D eigenvalue weighted by atomic mass is 9.90. The summed E-state index contributed by atoms with van der Waals surface area (Å²) in [5, 5.41) is 0. The number of benzene rings is 1. The van der Waals surface area contributed by atoms with E-state index in [0.29, 0.717) is 11.8 Å². The Labute approximate surface area is 138 Å². The molecule has 22 heavy (non-hydrogen) atoms. The zero-order chi connectivity index (χ0) is 16.2. The molecule has 0 saturated carbocycles. The summed E-state index contributed by atoms with van der Waals surface area (Å²) >= 11 is 5.81. The summed E-state index contributed by atoms with van der Waals surface area (Å²) in [5.41, 5.74) is 2.09. The fraction of sp³-hybridized carbons (Fsp3) is 0.611. The van der Waals surface area contributed by atoms with E-state index in [1.807, 2.05) is 25.7 Å². The Hall–Kier alpha value is -1.22. The first-order valence-corrected chi connectivity index (χ1v) is 8.52. The van der Waals surface area contributed by atoms with Crippen molar-refractivity contribution < 1.29 is 9.53 Å². The molecule has 3 nitrogen and oxygen atoms in total. The van der Waals surface area contributed by atoms with Crippen molar-refractivity contribution in [3.63, 3.8) is 0 Å². The number of likely N-dealkylation sites (tertiary alicyclic amines) is 1. The highest BCUT2D eigenvalue weighted by atomic mass is 35.5. The van der Waals surface area contributed by atoms with E-state index >= 15 is 0 Å². The molecular formula is C18H26ClNO2. The Kier molecular flexibility index (Phi) is 5.74. The number of nitrogens with zero attached hydrogens (tertiary/aromatic N) is 1. The van der Waals surface area contributed by atoms with E-state index in [0.717, 1.165) is 37.9 Å². The second-order valence-corrected chi connectivity index (χ2v) is 7.33. The van der Waals surface area contributed by atoms with Gasteiger partial charge in [-0.2, -0.15) is 0 Å². The minimum Gasteiger partial charge on any atom is -0.444 e. The number of rotatable bonds is 3. The number of halogens is 1. The molecule has 1 aliphatic heterocycles. The van der Waals surface area contributed by atoms with Gasteiger partial charge in [-0.3, -0.25) is 0 Å². The highest BCUT2D eigenvalue weighted by molar-refractivity contribution is 6.17. The molecule has 1 aliphatic rings. The predicted octanol–water partition coefficient (Wildman–Crippen LogP) is 4.62. The number of alkyl halides is 1. The van der Waals surface area contributed by atoms with Crippen LogP contribution in [0.25, 0.3) is 0 Å². The molecule has 0 aliphatic carbocycles. The molecule has 0 N–H and O–H groups in total. The fourth-order valence-corrected chi connectivity index (χ4v) is 2.92. The number of ether oxygens (including phenoxy) is 1. The van der Waals surface area contributed by atoms with Crippen LogP contribution in [0.3, 0.4) is 0 Å². The summed E-state index contributed by atoms with van der Waals surface area (Å²) < 4.78 is 5.43. The zero-order valence-electron chi connectivity index (χ0n) is 13.8. The average molecular weight is 324 g/mol. The summed E-state index contributed by atoms with van der Waals surface area (Å²) in [5.74, 6) is 1.20. The maximum atomic E-state index is 12.0. The van der Waals surface area contributed by atoms with E-state index in [9.17, 15) is 4.79 Å². The normalized spacial score (nSPS) is 16.6. The molecule has 0 atom stereocenters. The van der Waals surface area contributed by atoms with Crippen LogP contribution < -0.4 is 0 Å². The van der Waals surface area contributed by atoms with Crippen molar-refractivity contribution in [3.05, 3.63) is 35.4 Å². The third-order valence-corrected chi connectivity index (χ3v) is 4.28. The highest BCUT2D eigenvalue weighted by Gasteiger charge is 2.26. The number of hydrogen-bond donors (Lipinski definition) is 0. The monoisotopic (exact) mass is 323 g/mol. The highest BCUT2D eigenvalue weighted by Crippen LogP contribution is 2.23. The molecule has 1 aromatic carbocycles. The molecule has 0 aromatic heterocycles. The molecule has 4 heteroatoms. The van der Waals surface area contributed by atoms with Crippen molar-refractivity contribution in [2.75, 3.05) is 13.1 Å². The molecule has 122 valence electrons. The maximum absolute atomic E-state index is 12.0. The van der Waals surface area contributed by atoms with E-state index in [1.54, 1.807) is 0 Å². The second kappa shape index (κ2) is 7.36. The molecule has 0 radical (unpaired) electrons. The molecule has 0 spiro atoms. The standard InChI is InChI=1S/C18H26ClNO2/c1-18(2,3)22-17(21)20-10-8-15(9-11-20)12-14-4-6-16(13-19)7-5-14/h4-7,15H,8-13H2,1-3H3. The minimum atomic E-state index is -0.419. The van der Waals surface area contributed by atoms with Gasteiger partial charge in [0.2, 0.25) is 0 Å². The van der Waals surface area contributed by atoms with Gasteiger partial charge in [-0.25, -0.2) is 4.79 Å². The number of carbonyl (C=O) groups excluding carboxylic acids is 1. The van der Waals surface area contributed by atoms with Crippen molar-refractivity contribution in [1.29, 1.82) is 0 Å². The van der Waals surface area contributed by atoms with E-state index in [1.165, 1.54) is 5.56 Å². The third kappa shape index (κ3) is 5.20. The van der Waals surface area contributed by atoms with Crippen LogP contribution in [0.4, 0.5) is 4.79 Å². The van der Waals surface area contributed by atoms with Crippen molar-refractivity contribution in [3.8, 4) is 0 Å². The van der Waals surface area contributed by atoms with Gasteiger partial charge in [-0.05, 0) is 57.1 Å². The molecule has 1 fully saturated rings. The van der Waals surface area contributed by atoms with Gasteiger partial charge in [-0.15, -0.1) is 11.6 Å². The number of carbonyl (C=O) groups is 1. The minimum absolute atomic E-state index is 0.183. The lowest BCUT2D eigenvalue weighted by molar-refractivity contribution is 0.0184. The van der Waals surface area contributed by atoms with Crippen LogP contribution in [0, 0.1) is 5.92 Å². The molecule has 2 rings (SSSR count). The molecule has 1 saturated heterocycles. The van der Waals surface area contributed by atoms with Crippen LogP contribution in [0.15, 0.2) is 24.3 Å². The van der Waals surface area contributed by atoms with Gasteiger partial charge in [0.05, 0.1) is 0 Å². The molecule has 1 aromatic rings. The van der Waals surface area contributed by atoms with Gasteiger partial charge in [-0.1, -0.05) is 24.3 Å². The summed E-state index contributed by atoms with van der Waals surface area (Å²) in [6.07, 6.45) is 2.97. The van der Waals surface area contributed by atoms with Gasteiger partial charge in [0, 0.05) is 19.0 Å². The Morgan fingerprint density at radius 2 is 1.73 bits per heavy atom. The van der Waals surface area contributed by atoms with Gasteiger partial charge >= 0.3 is 6.09 Å². The lowest BCUT2D eigenvalue weighted by Crippen LogP contribution is -2.42. The quantitative estimate of drug-likeness (QED) is 0.760. The molecule has 0 bridgehead atoms. The Morgan fingerprint density at radius 3 is 2.23 bits per heavy atom. The van der Waals surface area contributed by atoms with Crippen molar-refractivity contribution in [2.24, 2.45) is 5.92 Å². The SMILES string of the molecule is CC(C)(C)OC(=O)N1CCC(Cc2ccc(CCl)cc2)CC1. The van der Waals surface area contributed by atoms with E-state index < -0.39 is 5.60 Å². The summed E-state index contributed by atoms with van der Waals surface area (Å²) in [4.78, 5) is 13.9. The summed E-state index contributed by atoms with van der Waals surface area (Å²) in [7, 11) is 0. The van der Waals surface area contributed by atoms with Gasteiger partial charge in [0.1, 0.15) is 5.60 Å². The number of amides is 1. The third-order valence-electron chi connectivity index (χ3n) is 3.97. The van der Waals surface area contributed by atoms with Gasteiger partial charge in [0.25, 0.3) is 0 Å². The first-order chi connectivity index (χ1) is 10.4. The lowest BCUT2D eigenvalue weighted by Gasteiger charge is -2.33. The van der Waals surface area contributed by atoms with E-state index in [2.05, 4.69) is 24.3 Å². The Bertz CT molecular complexity index is 485. The first kappa shape index (κ1) is 17.1. The smallest absolute Gasteiger partial charge is 0.410 e. The van der Waals surface area contributed by atoms with Crippen LogP contribution >= 0.6 is 11.6 Å². The molecule has 1 amide bonds. The van der Waals surface area contributed by atoms with Gasteiger partial charge in [0.15, 0.2) is 0 Å². The Balaban J connectivity index is 1.80. The zero-order valence-corrected chi connectivity index (χ0v) is 14.5. The number of piperidine rings is 1. The predicted molar refractivity (Wildman–Crippen MR) is 90.2 cm³/mol. The van der Waals surface area contributed by atoms with E-state index in [-0.39, 0.29) is 6.09 Å². The molecule has 0 unspecified atom stereocenters. The second-order valence-electron chi connectivity index (χ2n) is 7.07. The molecular weight excluding hydrogens is 298 g/mol. The largest absolute Gasteiger partial charge is 0.444 e. The fourth-order valence-electron chi connectivity index (χ4n) is 2.74. The topological polar surface area (TPSA) is 29.5 Å². The number of hydrogen-bond acceptors (Lipinski definition) is 2. The van der Waals surface area contributed by atoms with Crippen LogP contribution in [0.1, 0.15) is 44.7 Å². The summed E-state index contributed by atoms with van der Waals surface area (Å²) in [6, 6.07) is 8.52. The molecule has 1 heterocycles. The van der Waals surface area contributed by atoms with Gasteiger partial charge < -0.3 is 9.64 Å². The Morgan fingerprint density at radius 1 is 1.18 bits per heavy atom. The summed E-state index contributed by atoms with van der Waals surface area (Å²) in [6.45, 7) is 7.30. The maximum Gasteiger partial charge on any atom is 0.410 e. The van der Waals surface area contributed by atoms with Crippen LogP contribution in [-0.2, 0) is 17.0 Å². The van der Waals surface area contributed by atoms with Crippen molar-refractivity contribution >= 4 is 17.7 Å². The van der Waals surface area contributed by atoms with E-state index in [4.69, 9.17) is 16.3 Å². The van der Waals surface area contributed by atoms with Crippen LogP contribution in [0.5, 0.6) is 0 Å². The van der Waals surface area contributed by atoms with Crippen molar-refractivity contribution in [2.45, 2.75) is 51.5 Å². The average Bonchev–Trinajstić information content (AvgIpc) is 2.47.